The van der Waals surface area contributed by atoms with Crippen molar-refractivity contribution in [2.45, 2.75) is 6.04 Å². The zero-order valence-electron chi connectivity index (χ0n) is 9.19. The first-order valence-corrected chi connectivity index (χ1v) is 5.57. The van der Waals surface area contributed by atoms with Gasteiger partial charge >= 0.3 is 0 Å². The van der Waals surface area contributed by atoms with E-state index in [4.69, 9.17) is 4.74 Å². The average molecular weight is 229 g/mol. The van der Waals surface area contributed by atoms with Crippen LogP contribution >= 0.6 is 0 Å². The Balaban J connectivity index is 1.92. The number of rotatable bonds is 1. The Bertz CT molecular complexity index is 541. The molecule has 1 heterocycles. The van der Waals surface area contributed by atoms with E-state index in [9.17, 15) is 4.39 Å². The number of halogens is 1. The number of hydrogen-bond donors (Lipinski definition) is 1. The van der Waals surface area contributed by atoms with E-state index in [1.807, 2.05) is 30.3 Å². The third-order valence-corrected chi connectivity index (χ3v) is 2.90. The van der Waals surface area contributed by atoms with Crippen molar-refractivity contribution in [2.75, 3.05) is 11.9 Å². The minimum absolute atomic E-state index is 0.133. The van der Waals surface area contributed by atoms with Crippen LogP contribution < -0.4 is 10.1 Å². The first kappa shape index (κ1) is 10.1. The molecule has 2 aromatic carbocycles. The zero-order valence-corrected chi connectivity index (χ0v) is 9.19. The molecule has 0 bridgehead atoms. The second-order valence-electron chi connectivity index (χ2n) is 4.03. The van der Waals surface area contributed by atoms with Gasteiger partial charge in [-0.25, -0.2) is 4.39 Å². The maximum absolute atomic E-state index is 13.7. The van der Waals surface area contributed by atoms with Gasteiger partial charge < -0.3 is 10.1 Å². The number of nitrogens with one attached hydrogen (secondary N) is 1. The molecule has 0 radical (unpaired) electrons. The SMILES string of the molecule is Fc1ccccc1[C@@H]1COc2ccccc2N1. The molecular weight excluding hydrogens is 217 g/mol. The fourth-order valence-corrected chi connectivity index (χ4v) is 2.04. The van der Waals surface area contributed by atoms with Crippen LogP contribution in [0.25, 0.3) is 0 Å². The van der Waals surface area contributed by atoms with Crippen LogP contribution in [0.15, 0.2) is 48.5 Å². The maximum Gasteiger partial charge on any atom is 0.142 e. The van der Waals surface area contributed by atoms with Crippen molar-refractivity contribution >= 4 is 5.69 Å². The second-order valence-corrected chi connectivity index (χ2v) is 4.03. The molecule has 0 amide bonds. The third-order valence-electron chi connectivity index (χ3n) is 2.90. The molecule has 86 valence electrons. The standard InChI is InChI=1S/C14H12FNO/c15-11-6-2-1-5-10(11)13-9-17-14-8-4-3-7-12(14)16-13/h1-8,13,16H,9H2/t13-/m0/s1. The molecule has 3 rings (SSSR count). The molecule has 2 nitrogen and oxygen atoms in total. The van der Waals surface area contributed by atoms with E-state index in [-0.39, 0.29) is 11.9 Å². The third kappa shape index (κ3) is 1.84. The minimum atomic E-state index is -0.201. The lowest BCUT2D eigenvalue weighted by Gasteiger charge is -2.27. The van der Waals surface area contributed by atoms with Gasteiger partial charge in [0, 0.05) is 5.56 Å². The van der Waals surface area contributed by atoms with E-state index in [2.05, 4.69) is 5.32 Å². The van der Waals surface area contributed by atoms with Crippen molar-refractivity contribution < 1.29 is 9.13 Å². The van der Waals surface area contributed by atoms with E-state index >= 15 is 0 Å². The lowest BCUT2D eigenvalue weighted by atomic mass is 10.1. The number of fused-ring (bicyclic) bond motifs is 1. The van der Waals surface area contributed by atoms with Crippen LogP contribution in [-0.2, 0) is 0 Å². The van der Waals surface area contributed by atoms with Crippen molar-refractivity contribution in [3.05, 3.63) is 59.9 Å². The molecule has 1 aliphatic heterocycles. The molecule has 0 aliphatic carbocycles. The molecule has 0 aromatic heterocycles. The first-order chi connectivity index (χ1) is 8.34. The lowest BCUT2D eigenvalue weighted by molar-refractivity contribution is 0.284. The summed E-state index contributed by atoms with van der Waals surface area (Å²) >= 11 is 0. The largest absolute Gasteiger partial charge is 0.489 e. The molecule has 0 unspecified atom stereocenters. The highest BCUT2D eigenvalue weighted by Gasteiger charge is 2.21. The van der Waals surface area contributed by atoms with Gasteiger partial charge in [0.05, 0.1) is 11.7 Å². The number of benzene rings is 2. The second kappa shape index (κ2) is 4.09. The molecule has 0 saturated heterocycles. The van der Waals surface area contributed by atoms with Crippen molar-refractivity contribution in [1.82, 2.24) is 0 Å². The summed E-state index contributed by atoms with van der Waals surface area (Å²) in [7, 11) is 0. The Kier molecular flexibility index (Phi) is 2.44. The number of anilines is 1. The summed E-state index contributed by atoms with van der Waals surface area (Å²) in [6.07, 6.45) is 0. The van der Waals surface area contributed by atoms with Crippen molar-refractivity contribution in [3.8, 4) is 5.75 Å². The van der Waals surface area contributed by atoms with Gasteiger partial charge in [0.1, 0.15) is 18.2 Å². The summed E-state index contributed by atoms with van der Waals surface area (Å²) in [5.74, 6) is 0.619. The van der Waals surface area contributed by atoms with E-state index in [0.29, 0.717) is 12.2 Å². The molecule has 1 N–H and O–H groups in total. The number of hydrogen-bond acceptors (Lipinski definition) is 2. The van der Waals surface area contributed by atoms with Gasteiger partial charge in [-0.2, -0.15) is 0 Å². The van der Waals surface area contributed by atoms with Crippen LogP contribution in [-0.4, -0.2) is 6.61 Å². The van der Waals surface area contributed by atoms with Gasteiger partial charge in [-0.05, 0) is 18.2 Å². The fraction of sp³-hybridized carbons (Fsp3) is 0.143. The number of para-hydroxylation sites is 2. The highest BCUT2D eigenvalue weighted by Crippen LogP contribution is 2.33. The van der Waals surface area contributed by atoms with Gasteiger partial charge in [0.25, 0.3) is 0 Å². The smallest absolute Gasteiger partial charge is 0.142 e. The minimum Gasteiger partial charge on any atom is -0.489 e. The van der Waals surface area contributed by atoms with Gasteiger partial charge in [0.2, 0.25) is 0 Å². The molecule has 17 heavy (non-hydrogen) atoms. The number of ether oxygens (including phenoxy) is 1. The Labute approximate surface area is 99.0 Å². The van der Waals surface area contributed by atoms with E-state index in [1.165, 1.54) is 6.07 Å². The van der Waals surface area contributed by atoms with Crippen LogP contribution in [0, 0.1) is 5.82 Å². The van der Waals surface area contributed by atoms with Gasteiger partial charge in [-0.1, -0.05) is 30.3 Å². The molecule has 1 atom stereocenters. The van der Waals surface area contributed by atoms with Crippen LogP contribution in [0.1, 0.15) is 11.6 Å². The average Bonchev–Trinajstić information content (AvgIpc) is 2.39. The normalized spacial score (nSPS) is 17.8. The predicted molar refractivity (Wildman–Crippen MR) is 64.7 cm³/mol. The summed E-state index contributed by atoms with van der Waals surface area (Å²) in [5.41, 5.74) is 1.55. The Morgan fingerprint density at radius 1 is 1.06 bits per heavy atom. The van der Waals surface area contributed by atoms with Gasteiger partial charge in [0.15, 0.2) is 0 Å². The van der Waals surface area contributed by atoms with E-state index in [0.717, 1.165) is 11.4 Å². The quantitative estimate of drug-likeness (QED) is 0.809. The predicted octanol–water partition coefficient (Wildman–Crippen LogP) is 3.37. The highest BCUT2D eigenvalue weighted by molar-refractivity contribution is 5.59. The van der Waals surface area contributed by atoms with Crippen molar-refractivity contribution in [1.29, 1.82) is 0 Å². The lowest BCUT2D eigenvalue weighted by Crippen LogP contribution is -2.24. The molecule has 0 fully saturated rings. The molecule has 1 aliphatic rings. The molecule has 0 spiro atoms. The molecule has 3 heteroatoms. The summed E-state index contributed by atoms with van der Waals surface area (Å²) in [6.45, 7) is 0.442. The zero-order chi connectivity index (χ0) is 11.7. The van der Waals surface area contributed by atoms with Gasteiger partial charge in [-0.3, -0.25) is 0 Å². The Morgan fingerprint density at radius 2 is 1.82 bits per heavy atom. The Hall–Kier alpha value is -2.03. The monoisotopic (exact) mass is 229 g/mol. The topological polar surface area (TPSA) is 21.3 Å². The molecular formula is C14H12FNO. The summed E-state index contributed by atoms with van der Waals surface area (Å²) in [6, 6.07) is 14.3. The highest BCUT2D eigenvalue weighted by atomic mass is 19.1. The van der Waals surface area contributed by atoms with Crippen molar-refractivity contribution in [2.24, 2.45) is 0 Å². The van der Waals surface area contributed by atoms with E-state index in [1.54, 1.807) is 12.1 Å². The first-order valence-electron chi connectivity index (χ1n) is 5.57. The Morgan fingerprint density at radius 3 is 2.71 bits per heavy atom. The maximum atomic E-state index is 13.7. The summed E-state index contributed by atoms with van der Waals surface area (Å²) in [5, 5.41) is 3.29. The molecule has 2 aromatic rings. The van der Waals surface area contributed by atoms with Gasteiger partial charge in [-0.15, -0.1) is 0 Å². The summed E-state index contributed by atoms with van der Waals surface area (Å²) in [4.78, 5) is 0. The van der Waals surface area contributed by atoms with Crippen LogP contribution in [0.3, 0.4) is 0 Å². The van der Waals surface area contributed by atoms with Crippen LogP contribution in [0.4, 0.5) is 10.1 Å². The fourth-order valence-electron chi connectivity index (χ4n) is 2.04. The molecule has 0 saturated carbocycles. The summed E-state index contributed by atoms with van der Waals surface area (Å²) < 4.78 is 19.3. The van der Waals surface area contributed by atoms with Crippen molar-refractivity contribution in [3.63, 3.8) is 0 Å². The van der Waals surface area contributed by atoms with Crippen LogP contribution in [0.2, 0.25) is 0 Å². The van der Waals surface area contributed by atoms with Crippen LogP contribution in [0.5, 0.6) is 5.75 Å². The van der Waals surface area contributed by atoms with E-state index < -0.39 is 0 Å².